The molecule has 0 saturated heterocycles. The van der Waals surface area contributed by atoms with Crippen molar-refractivity contribution < 1.29 is 9.90 Å². The van der Waals surface area contributed by atoms with Gasteiger partial charge in [-0.15, -0.1) is 0 Å². The van der Waals surface area contributed by atoms with Gasteiger partial charge in [0.1, 0.15) is 0 Å². The maximum absolute atomic E-state index is 11.9. The second kappa shape index (κ2) is 6.78. The average molecular weight is 254 g/mol. The Labute approximate surface area is 104 Å². The van der Waals surface area contributed by atoms with Gasteiger partial charge >= 0.3 is 11.7 Å². The number of hydrogen-bond acceptors (Lipinski definition) is 3. The number of nitrogens with zero attached hydrogens (tertiary/aromatic N) is 2. The predicted octanol–water partition coefficient (Wildman–Crippen LogP) is 0.675. The van der Waals surface area contributed by atoms with Gasteiger partial charge in [-0.25, -0.2) is 4.79 Å². The Kier molecular flexibility index (Phi) is 5.35. The molecule has 1 N–H and O–H groups in total. The van der Waals surface area contributed by atoms with E-state index in [1.807, 2.05) is 6.92 Å². The predicted molar refractivity (Wildman–Crippen MR) is 66.7 cm³/mol. The fourth-order valence-electron chi connectivity index (χ4n) is 1.72. The van der Waals surface area contributed by atoms with Crippen LogP contribution in [0.4, 0.5) is 0 Å². The number of aromatic nitrogens is 2. The second-order valence-corrected chi connectivity index (χ2v) is 4.13. The molecule has 0 saturated carbocycles. The van der Waals surface area contributed by atoms with Crippen molar-refractivity contribution in [2.45, 2.75) is 45.7 Å². The van der Waals surface area contributed by atoms with Crippen molar-refractivity contribution in [3.8, 4) is 0 Å². The Bertz CT molecular complexity index is 516. The number of aliphatic carboxylic acids is 1. The monoisotopic (exact) mass is 254 g/mol. The molecule has 1 heterocycles. The van der Waals surface area contributed by atoms with E-state index in [0.29, 0.717) is 19.4 Å². The third-order valence-corrected chi connectivity index (χ3v) is 2.63. The summed E-state index contributed by atoms with van der Waals surface area (Å²) in [6, 6.07) is 1.37. The summed E-state index contributed by atoms with van der Waals surface area (Å²) < 4.78 is 2.66. The molecule has 1 aromatic rings. The van der Waals surface area contributed by atoms with Gasteiger partial charge < -0.3 is 9.67 Å². The van der Waals surface area contributed by atoms with Crippen molar-refractivity contribution in [1.82, 2.24) is 9.13 Å². The molecule has 0 aliphatic rings. The van der Waals surface area contributed by atoms with E-state index in [-0.39, 0.29) is 24.2 Å². The van der Waals surface area contributed by atoms with E-state index in [1.165, 1.54) is 16.8 Å². The van der Waals surface area contributed by atoms with Crippen molar-refractivity contribution in [3.05, 3.63) is 33.1 Å². The van der Waals surface area contributed by atoms with E-state index in [2.05, 4.69) is 0 Å². The minimum atomic E-state index is -0.862. The molecule has 18 heavy (non-hydrogen) atoms. The Morgan fingerprint density at radius 2 is 2.00 bits per heavy atom. The lowest BCUT2D eigenvalue weighted by molar-refractivity contribution is -0.137. The molecule has 0 aliphatic heterocycles. The summed E-state index contributed by atoms with van der Waals surface area (Å²) in [5.41, 5.74) is -0.651. The zero-order valence-corrected chi connectivity index (χ0v) is 10.5. The van der Waals surface area contributed by atoms with Crippen LogP contribution in [0.25, 0.3) is 0 Å². The largest absolute Gasteiger partial charge is 0.481 e. The molecule has 6 heteroatoms. The summed E-state index contributed by atoms with van der Waals surface area (Å²) in [7, 11) is 0. The zero-order valence-electron chi connectivity index (χ0n) is 10.5. The van der Waals surface area contributed by atoms with Crippen LogP contribution in [0.5, 0.6) is 0 Å². The van der Waals surface area contributed by atoms with Crippen molar-refractivity contribution in [2.75, 3.05) is 0 Å². The van der Waals surface area contributed by atoms with Crippen LogP contribution in [0.3, 0.4) is 0 Å². The standard InChI is InChI=1S/C12H18N2O4/c1-2-7-13-9-6-10(15)14(12(13)18)8-4-3-5-11(16)17/h6,9H,2-5,7-8H2,1H3,(H,16,17). The van der Waals surface area contributed by atoms with Gasteiger partial charge in [-0.05, 0) is 19.3 Å². The molecular weight excluding hydrogens is 236 g/mol. The van der Waals surface area contributed by atoms with Gasteiger partial charge in [0.25, 0.3) is 5.56 Å². The molecule has 0 amide bonds. The van der Waals surface area contributed by atoms with Crippen molar-refractivity contribution in [2.24, 2.45) is 0 Å². The first-order valence-electron chi connectivity index (χ1n) is 6.08. The summed E-state index contributed by atoms with van der Waals surface area (Å²) in [5.74, 6) is -0.862. The minimum absolute atomic E-state index is 0.0603. The molecule has 0 radical (unpaired) electrons. The van der Waals surface area contributed by atoms with E-state index >= 15 is 0 Å². The third kappa shape index (κ3) is 3.87. The van der Waals surface area contributed by atoms with Gasteiger partial charge in [-0.2, -0.15) is 0 Å². The molecular formula is C12H18N2O4. The molecule has 0 fully saturated rings. The van der Waals surface area contributed by atoms with Crippen molar-refractivity contribution in [3.63, 3.8) is 0 Å². The van der Waals surface area contributed by atoms with Crippen LogP contribution < -0.4 is 11.2 Å². The van der Waals surface area contributed by atoms with Gasteiger partial charge in [0, 0.05) is 31.8 Å². The van der Waals surface area contributed by atoms with E-state index in [4.69, 9.17) is 5.11 Å². The Balaban J connectivity index is 2.75. The number of rotatable bonds is 7. The summed E-state index contributed by atoms with van der Waals surface area (Å²) in [6.45, 7) is 2.80. The molecule has 0 bridgehead atoms. The van der Waals surface area contributed by atoms with Crippen LogP contribution in [0, 0.1) is 0 Å². The summed E-state index contributed by atoms with van der Waals surface area (Å²) in [6.07, 6.45) is 3.35. The van der Waals surface area contributed by atoms with Crippen LogP contribution in [-0.2, 0) is 17.9 Å². The van der Waals surface area contributed by atoms with Gasteiger partial charge in [-0.1, -0.05) is 6.92 Å². The Morgan fingerprint density at radius 1 is 1.28 bits per heavy atom. The quantitative estimate of drug-likeness (QED) is 0.725. The normalized spacial score (nSPS) is 10.5. The first-order chi connectivity index (χ1) is 8.56. The first-order valence-corrected chi connectivity index (χ1v) is 6.08. The maximum atomic E-state index is 11.9. The van der Waals surface area contributed by atoms with Crippen molar-refractivity contribution in [1.29, 1.82) is 0 Å². The van der Waals surface area contributed by atoms with Crippen LogP contribution in [0.1, 0.15) is 32.6 Å². The molecule has 6 nitrogen and oxygen atoms in total. The third-order valence-electron chi connectivity index (χ3n) is 2.63. The number of carboxylic acids is 1. The van der Waals surface area contributed by atoms with E-state index in [0.717, 1.165) is 11.0 Å². The van der Waals surface area contributed by atoms with Gasteiger partial charge in [-0.3, -0.25) is 14.2 Å². The SMILES string of the molecule is CCCn1ccc(=O)n(CCCCC(=O)O)c1=O. The van der Waals surface area contributed by atoms with E-state index in [9.17, 15) is 14.4 Å². The lowest BCUT2D eigenvalue weighted by Crippen LogP contribution is -2.39. The second-order valence-electron chi connectivity index (χ2n) is 4.13. The molecule has 0 spiro atoms. The molecule has 0 aromatic carbocycles. The summed E-state index contributed by atoms with van der Waals surface area (Å²) in [5, 5.41) is 8.50. The topological polar surface area (TPSA) is 81.3 Å². The molecule has 0 aliphatic carbocycles. The van der Waals surface area contributed by atoms with Gasteiger partial charge in [0.05, 0.1) is 0 Å². The van der Waals surface area contributed by atoms with E-state index < -0.39 is 5.97 Å². The fraction of sp³-hybridized carbons (Fsp3) is 0.583. The molecule has 100 valence electrons. The highest BCUT2D eigenvalue weighted by Gasteiger charge is 2.05. The fourth-order valence-corrected chi connectivity index (χ4v) is 1.72. The number of hydrogen-bond donors (Lipinski definition) is 1. The Hall–Kier alpha value is -1.85. The lowest BCUT2D eigenvalue weighted by atomic mass is 10.2. The molecule has 0 unspecified atom stereocenters. The summed E-state index contributed by atoms with van der Waals surface area (Å²) in [4.78, 5) is 33.8. The van der Waals surface area contributed by atoms with E-state index in [1.54, 1.807) is 0 Å². The zero-order chi connectivity index (χ0) is 13.5. The number of aryl methyl sites for hydroxylation is 1. The number of carboxylic acid groups (broad SMARTS) is 1. The van der Waals surface area contributed by atoms with Gasteiger partial charge in [0.15, 0.2) is 0 Å². The molecule has 1 aromatic heterocycles. The summed E-state index contributed by atoms with van der Waals surface area (Å²) >= 11 is 0. The molecule has 1 rings (SSSR count). The highest BCUT2D eigenvalue weighted by Crippen LogP contribution is 1.96. The van der Waals surface area contributed by atoms with Crippen LogP contribution in [-0.4, -0.2) is 20.2 Å². The highest BCUT2D eigenvalue weighted by atomic mass is 16.4. The lowest BCUT2D eigenvalue weighted by Gasteiger charge is -2.08. The van der Waals surface area contributed by atoms with Crippen LogP contribution in [0.15, 0.2) is 21.9 Å². The van der Waals surface area contributed by atoms with Crippen molar-refractivity contribution >= 4 is 5.97 Å². The molecule has 0 atom stereocenters. The first kappa shape index (κ1) is 14.2. The van der Waals surface area contributed by atoms with Crippen LogP contribution in [0.2, 0.25) is 0 Å². The van der Waals surface area contributed by atoms with Crippen LogP contribution >= 0.6 is 0 Å². The maximum Gasteiger partial charge on any atom is 0.330 e. The smallest absolute Gasteiger partial charge is 0.330 e. The Morgan fingerprint density at radius 3 is 2.61 bits per heavy atom. The number of carbonyl (C=O) groups is 1. The number of unbranched alkanes of at least 4 members (excludes halogenated alkanes) is 1. The highest BCUT2D eigenvalue weighted by molar-refractivity contribution is 5.66. The average Bonchev–Trinajstić information content (AvgIpc) is 2.31. The van der Waals surface area contributed by atoms with Gasteiger partial charge in [0.2, 0.25) is 0 Å². The minimum Gasteiger partial charge on any atom is -0.481 e.